The summed E-state index contributed by atoms with van der Waals surface area (Å²) in [5, 5.41) is 8.41. The quantitative estimate of drug-likeness (QED) is 0.907. The number of anilines is 1. The van der Waals surface area contributed by atoms with E-state index in [0.29, 0.717) is 6.54 Å². The molecule has 0 saturated heterocycles. The lowest BCUT2D eigenvalue weighted by Crippen LogP contribution is -2.26. The van der Waals surface area contributed by atoms with Crippen LogP contribution in [0, 0.1) is 0 Å². The van der Waals surface area contributed by atoms with Gasteiger partial charge in [-0.1, -0.05) is 6.07 Å². The fraction of sp³-hybridized carbons (Fsp3) is 0.312. The third-order valence-corrected chi connectivity index (χ3v) is 4.48. The van der Waals surface area contributed by atoms with Gasteiger partial charge in [-0.25, -0.2) is 0 Å². The number of nitrogens with one attached hydrogen (secondary N) is 2. The van der Waals surface area contributed by atoms with Crippen LogP contribution in [0.2, 0.25) is 0 Å². The molecule has 3 nitrogen and oxygen atoms in total. The molecule has 2 N–H and O–H groups in total. The van der Waals surface area contributed by atoms with Crippen LogP contribution < -0.4 is 10.6 Å². The zero-order valence-electron chi connectivity index (χ0n) is 11.3. The predicted molar refractivity (Wildman–Crippen MR) is 83.6 cm³/mol. The molecule has 1 amide bonds. The standard InChI is InChI=1S/C16H18N2OS/c19-16(18-9-7-14-4-2-10-20-14)13-5-6-15-12(11-13)3-1-8-17-15/h2,4-6,10-11,17H,1,3,7-9H2,(H,18,19). The second-order valence-electron chi connectivity index (χ2n) is 4.99. The Kier molecular flexibility index (Phi) is 4.02. The normalized spacial score (nSPS) is 13.4. The average Bonchev–Trinajstić information content (AvgIpc) is 3.00. The summed E-state index contributed by atoms with van der Waals surface area (Å²) in [6.07, 6.45) is 3.09. The minimum absolute atomic E-state index is 0.0231. The molecule has 4 heteroatoms. The van der Waals surface area contributed by atoms with Gasteiger partial charge in [0, 0.05) is 29.2 Å². The van der Waals surface area contributed by atoms with Gasteiger partial charge in [0.25, 0.3) is 5.91 Å². The maximum Gasteiger partial charge on any atom is 0.251 e. The molecule has 0 aliphatic carbocycles. The molecule has 0 bridgehead atoms. The lowest BCUT2D eigenvalue weighted by molar-refractivity contribution is 0.0954. The van der Waals surface area contributed by atoms with Gasteiger partial charge >= 0.3 is 0 Å². The molecule has 0 radical (unpaired) electrons. The Morgan fingerprint density at radius 1 is 1.35 bits per heavy atom. The van der Waals surface area contributed by atoms with Crippen LogP contribution in [0.15, 0.2) is 35.7 Å². The van der Waals surface area contributed by atoms with Crippen molar-refractivity contribution in [2.45, 2.75) is 19.3 Å². The monoisotopic (exact) mass is 286 g/mol. The highest BCUT2D eigenvalue weighted by atomic mass is 32.1. The van der Waals surface area contributed by atoms with Crippen LogP contribution in [-0.4, -0.2) is 19.0 Å². The first-order valence-corrected chi connectivity index (χ1v) is 7.88. The molecule has 1 aliphatic rings. The van der Waals surface area contributed by atoms with Gasteiger partial charge in [-0.2, -0.15) is 0 Å². The van der Waals surface area contributed by atoms with Crippen molar-refractivity contribution in [2.75, 3.05) is 18.4 Å². The largest absolute Gasteiger partial charge is 0.385 e. The Morgan fingerprint density at radius 2 is 2.30 bits per heavy atom. The van der Waals surface area contributed by atoms with E-state index in [-0.39, 0.29) is 5.91 Å². The number of fused-ring (bicyclic) bond motifs is 1. The van der Waals surface area contributed by atoms with Crippen molar-refractivity contribution in [1.29, 1.82) is 0 Å². The maximum atomic E-state index is 12.1. The van der Waals surface area contributed by atoms with Crippen molar-refractivity contribution in [3.8, 4) is 0 Å². The van der Waals surface area contributed by atoms with Gasteiger partial charge in [-0.05, 0) is 54.5 Å². The Balaban J connectivity index is 1.59. The number of amides is 1. The average molecular weight is 286 g/mol. The summed E-state index contributed by atoms with van der Waals surface area (Å²) in [7, 11) is 0. The first kappa shape index (κ1) is 13.2. The number of hydrogen-bond donors (Lipinski definition) is 2. The molecule has 2 heterocycles. The van der Waals surface area contributed by atoms with Gasteiger partial charge in [-0.15, -0.1) is 11.3 Å². The van der Waals surface area contributed by atoms with Gasteiger partial charge in [0.15, 0.2) is 0 Å². The van der Waals surface area contributed by atoms with Crippen LogP contribution in [0.4, 0.5) is 5.69 Å². The molecule has 2 aromatic rings. The topological polar surface area (TPSA) is 41.1 Å². The van der Waals surface area contributed by atoms with Crippen molar-refractivity contribution in [3.05, 3.63) is 51.7 Å². The van der Waals surface area contributed by atoms with Crippen molar-refractivity contribution in [2.24, 2.45) is 0 Å². The van der Waals surface area contributed by atoms with E-state index in [9.17, 15) is 4.79 Å². The molecule has 0 spiro atoms. The molecule has 3 rings (SSSR count). The van der Waals surface area contributed by atoms with E-state index in [1.165, 1.54) is 16.1 Å². The molecule has 0 unspecified atom stereocenters. The molecule has 0 saturated carbocycles. The first-order chi connectivity index (χ1) is 9.83. The number of rotatable bonds is 4. The summed E-state index contributed by atoms with van der Waals surface area (Å²) in [4.78, 5) is 13.4. The smallest absolute Gasteiger partial charge is 0.251 e. The zero-order valence-corrected chi connectivity index (χ0v) is 12.1. The number of hydrogen-bond acceptors (Lipinski definition) is 3. The highest BCUT2D eigenvalue weighted by Gasteiger charge is 2.12. The lowest BCUT2D eigenvalue weighted by atomic mass is 10.0. The summed E-state index contributed by atoms with van der Waals surface area (Å²) in [5.41, 5.74) is 3.19. The van der Waals surface area contributed by atoms with Crippen molar-refractivity contribution in [1.82, 2.24) is 5.32 Å². The molecular weight excluding hydrogens is 268 g/mol. The summed E-state index contributed by atoms with van der Waals surface area (Å²) >= 11 is 1.73. The van der Waals surface area contributed by atoms with Gasteiger partial charge < -0.3 is 10.6 Å². The number of thiophene rings is 1. The van der Waals surface area contributed by atoms with Crippen LogP contribution >= 0.6 is 11.3 Å². The zero-order chi connectivity index (χ0) is 13.8. The fourth-order valence-corrected chi connectivity index (χ4v) is 3.18. The second-order valence-corrected chi connectivity index (χ2v) is 6.02. The summed E-state index contributed by atoms with van der Waals surface area (Å²) < 4.78 is 0. The molecule has 1 aromatic carbocycles. The number of carbonyl (C=O) groups excluding carboxylic acids is 1. The van der Waals surface area contributed by atoms with E-state index in [4.69, 9.17) is 0 Å². The van der Waals surface area contributed by atoms with Gasteiger partial charge in [0.05, 0.1) is 0 Å². The highest BCUT2D eigenvalue weighted by Crippen LogP contribution is 2.22. The molecule has 20 heavy (non-hydrogen) atoms. The molecule has 1 aliphatic heterocycles. The second kappa shape index (κ2) is 6.09. The van der Waals surface area contributed by atoms with E-state index < -0.39 is 0 Å². The van der Waals surface area contributed by atoms with Crippen molar-refractivity contribution in [3.63, 3.8) is 0 Å². The van der Waals surface area contributed by atoms with Gasteiger partial charge in [-0.3, -0.25) is 4.79 Å². The third kappa shape index (κ3) is 3.02. The molecule has 1 aromatic heterocycles. The number of aryl methyl sites for hydroxylation is 1. The molecule has 0 atom stereocenters. The van der Waals surface area contributed by atoms with E-state index in [1.54, 1.807) is 11.3 Å². The van der Waals surface area contributed by atoms with Crippen LogP contribution in [0.3, 0.4) is 0 Å². The molecular formula is C16H18N2OS. The van der Waals surface area contributed by atoms with Crippen LogP contribution in [0.25, 0.3) is 0 Å². The maximum absolute atomic E-state index is 12.1. The predicted octanol–water partition coefficient (Wildman–Crippen LogP) is 3.08. The van der Waals surface area contributed by atoms with Gasteiger partial charge in [0.1, 0.15) is 0 Å². The Hall–Kier alpha value is -1.81. The molecule has 0 fully saturated rings. The summed E-state index contributed by atoms with van der Waals surface area (Å²) in [6, 6.07) is 10.1. The lowest BCUT2D eigenvalue weighted by Gasteiger charge is -2.18. The molecule has 104 valence electrons. The Labute approximate surface area is 123 Å². The van der Waals surface area contributed by atoms with E-state index >= 15 is 0 Å². The van der Waals surface area contributed by atoms with Crippen LogP contribution in [0.1, 0.15) is 27.2 Å². The van der Waals surface area contributed by atoms with E-state index in [2.05, 4.69) is 22.1 Å². The summed E-state index contributed by atoms with van der Waals surface area (Å²) in [6.45, 7) is 1.72. The Bertz CT molecular complexity index is 593. The number of benzene rings is 1. The minimum atomic E-state index is 0.0231. The van der Waals surface area contributed by atoms with E-state index in [0.717, 1.165) is 31.4 Å². The van der Waals surface area contributed by atoms with Gasteiger partial charge in [0.2, 0.25) is 0 Å². The van der Waals surface area contributed by atoms with Crippen LogP contribution in [0.5, 0.6) is 0 Å². The summed E-state index contributed by atoms with van der Waals surface area (Å²) in [5.74, 6) is 0.0231. The van der Waals surface area contributed by atoms with E-state index in [1.807, 2.05) is 24.3 Å². The third-order valence-electron chi connectivity index (χ3n) is 3.54. The van der Waals surface area contributed by atoms with Crippen LogP contribution in [-0.2, 0) is 12.8 Å². The first-order valence-electron chi connectivity index (χ1n) is 7.00. The SMILES string of the molecule is O=C(NCCc1cccs1)c1ccc2c(c1)CCCN2. The Morgan fingerprint density at radius 3 is 3.15 bits per heavy atom. The highest BCUT2D eigenvalue weighted by molar-refractivity contribution is 7.09. The number of carbonyl (C=O) groups is 1. The minimum Gasteiger partial charge on any atom is -0.385 e. The fourth-order valence-electron chi connectivity index (χ4n) is 2.47. The van der Waals surface area contributed by atoms with Crippen molar-refractivity contribution >= 4 is 22.9 Å². The van der Waals surface area contributed by atoms with Crippen molar-refractivity contribution < 1.29 is 4.79 Å².